The van der Waals surface area contributed by atoms with E-state index < -0.39 is 0 Å². The predicted octanol–water partition coefficient (Wildman–Crippen LogP) is 5.83. The molecule has 0 atom stereocenters. The van der Waals surface area contributed by atoms with Gasteiger partial charge in [0.25, 0.3) is 0 Å². The molecule has 0 amide bonds. The highest BCUT2D eigenvalue weighted by molar-refractivity contribution is 7.22. The minimum Gasteiger partial charge on any atom is -0.493 e. The van der Waals surface area contributed by atoms with Gasteiger partial charge >= 0.3 is 0 Å². The van der Waals surface area contributed by atoms with Crippen LogP contribution in [0.5, 0.6) is 17.2 Å². The quantitative estimate of drug-likeness (QED) is 0.380. The van der Waals surface area contributed by atoms with Gasteiger partial charge in [-0.15, -0.1) is 11.3 Å². The van der Waals surface area contributed by atoms with Gasteiger partial charge in [0.1, 0.15) is 0 Å². The Morgan fingerprint density at radius 1 is 0.793 bits per heavy atom. The van der Waals surface area contributed by atoms with Crippen LogP contribution in [0.3, 0.4) is 0 Å². The summed E-state index contributed by atoms with van der Waals surface area (Å²) >= 11 is 1.62. The average Bonchev–Trinajstić information content (AvgIpc) is 3.17. The number of thiophene rings is 1. The van der Waals surface area contributed by atoms with Crippen molar-refractivity contribution in [3.63, 3.8) is 0 Å². The summed E-state index contributed by atoms with van der Waals surface area (Å²) < 4.78 is 17.3. The van der Waals surface area contributed by atoms with Gasteiger partial charge in [0, 0.05) is 26.1 Å². The van der Waals surface area contributed by atoms with E-state index in [0.717, 1.165) is 20.5 Å². The Labute approximate surface area is 173 Å². The highest BCUT2D eigenvalue weighted by Crippen LogP contribution is 2.42. The second-order valence-corrected chi connectivity index (χ2v) is 7.46. The predicted molar refractivity (Wildman–Crippen MR) is 117 cm³/mol. The minimum atomic E-state index is -0.0828. The lowest BCUT2D eigenvalue weighted by Crippen LogP contribution is -2.05. The molecule has 4 nitrogen and oxygen atoms in total. The van der Waals surface area contributed by atoms with Crippen LogP contribution in [0, 0.1) is 0 Å². The third-order valence-electron chi connectivity index (χ3n) is 4.79. The Hall–Kier alpha value is -3.31. The highest BCUT2D eigenvalue weighted by Gasteiger charge is 2.24. The Morgan fingerprint density at radius 3 is 2.03 bits per heavy atom. The smallest absolute Gasteiger partial charge is 0.203 e. The van der Waals surface area contributed by atoms with Gasteiger partial charge in [-0.1, -0.05) is 48.5 Å². The summed E-state index contributed by atoms with van der Waals surface area (Å²) in [6.45, 7) is 0. The summed E-state index contributed by atoms with van der Waals surface area (Å²) in [5.41, 5.74) is 2.19. The molecule has 4 rings (SSSR count). The fraction of sp³-hybridized carbons (Fsp3) is 0.125. The summed E-state index contributed by atoms with van der Waals surface area (Å²) in [7, 11) is 4.63. The normalized spacial score (nSPS) is 10.7. The van der Waals surface area contributed by atoms with Crippen LogP contribution in [0.25, 0.3) is 20.5 Å². The minimum absolute atomic E-state index is 0.0828. The zero-order valence-corrected chi connectivity index (χ0v) is 17.2. The van der Waals surface area contributed by atoms with Crippen LogP contribution in [0.4, 0.5) is 0 Å². The van der Waals surface area contributed by atoms with Crippen molar-refractivity contribution >= 4 is 27.2 Å². The first kappa shape index (κ1) is 19.0. The molecule has 0 unspecified atom stereocenters. The molecule has 3 aromatic carbocycles. The van der Waals surface area contributed by atoms with Gasteiger partial charge in [-0.2, -0.15) is 0 Å². The maximum Gasteiger partial charge on any atom is 0.203 e. The highest BCUT2D eigenvalue weighted by atomic mass is 32.1. The molecule has 0 aliphatic carbocycles. The SMILES string of the molecule is COc1cc(C(=O)c2c(-c3ccccc3)sc3ccccc23)cc(OC)c1OC. The second-order valence-electron chi connectivity index (χ2n) is 6.41. The van der Waals surface area contributed by atoms with Gasteiger partial charge in [0.15, 0.2) is 17.3 Å². The van der Waals surface area contributed by atoms with E-state index in [1.54, 1.807) is 44.8 Å². The molecular weight excluding hydrogens is 384 g/mol. The van der Waals surface area contributed by atoms with E-state index in [4.69, 9.17) is 14.2 Å². The van der Waals surface area contributed by atoms with Gasteiger partial charge in [0.2, 0.25) is 5.75 Å². The molecule has 0 N–H and O–H groups in total. The number of ketones is 1. The van der Waals surface area contributed by atoms with Gasteiger partial charge in [-0.3, -0.25) is 4.79 Å². The molecule has 0 bridgehead atoms. The molecule has 0 aliphatic rings. The molecule has 1 heterocycles. The Morgan fingerprint density at radius 2 is 1.41 bits per heavy atom. The molecule has 29 heavy (non-hydrogen) atoms. The van der Waals surface area contributed by atoms with Crippen LogP contribution in [-0.2, 0) is 0 Å². The van der Waals surface area contributed by atoms with E-state index in [1.165, 1.54) is 0 Å². The van der Waals surface area contributed by atoms with Crippen LogP contribution >= 0.6 is 11.3 Å². The number of rotatable bonds is 6. The van der Waals surface area contributed by atoms with Crippen LogP contribution < -0.4 is 14.2 Å². The van der Waals surface area contributed by atoms with Crippen molar-refractivity contribution in [3.05, 3.63) is 77.9 Å². The lowest BCUT2D eigenvalue weighted by Gasteiger charge is -2.14. The Balaban J connectivity index is 1.95. The fourth-order valence-corrected chi connectivity index (χ4v) is 4.63. The van der Waals surface area contributed by atoms with Crippen LogP contribution in [0.2, 0.25) is 0 Å². The van der Waals surface area contributed by atoms with Gasteiger partial charge in [-0.05, 0) is 23.8 Å². The summed E-state index contributed by atoms with van der Waals surface area (Å²) in [5, 5.41) is 0.940. The van der Waals surface area contributed by atoms with E-state index in [9.17, 15) is 4.79 Å². The third-order valence-corrected chi connectivity index (χ3v) is 6.01. The number of carbonyl (C=O) groups excluding carboxylic acids is 1. The van der Waals surface area contributed by atoms with Gasteiger partial charge in [0.05, 0.1) is 21.3 Å². The zero-order valence-electron chi connectivity index (χ0n) is 16.4. The van der Waals surface area contributed by atoms with Crippen LogP contribution in [-0.4, -0.2) is 27.1 Å². The van der Waals surface area contributed by atoms with E-state index >= 15 is 0 Å². The molecule has 0 radical (unpaired) electrons. The van der Waals surface area contributed by atoms with E-state index in [2.05, 4.69) is 0 Å². The molecule has 0 saturated carbocycles. The van der Waals surface area contributed by atoms with Crippen molar-refractivity contribution in [1.29, 1.82) is 0 Å². The molecule has 5 heteroatoms. The fourth-order valence-electron chi connectivity index (χ4n) is 3.42. The van der Waals surface area contributed by atoms with Crippen molar-refractivity contribution in [2.75, 3.05) is 21.3 Å². The lowest BCUT2D eigenvalue weighted by molar-refractivity contribution is 0.104. The number of carbonyl (C=O) groups is 1. The monoisotopic (exact) mass is 404 g/mol. The molecular formula is C24H20O4S. The van der Waals surface area contributed by atoms with Crippen molar-refractivity contribution < 1.29 is 19.0 Å². The van der Waals surface area contributed by atoms with Crippen LogP contribution in [0.1, 0.15) is 15.9 Å². The molecule has 0 fully saturated rings. The Kier molecular flexibility index (Phi) is 5.23. The molecule has 0 aliphatic heterocycles. The number of methoxy groups -OCH3 is 3. The molecule has 0 spiro atoms. The van der Waals surface area contributed by atoms with Gasteiger partial charge < -0.3 is 14.2 Å². The first-order valence-electron chi connectivity index (χ1n) is 9.09. The van der Waals surface area contributed by atoms with Crippen molar-refractivity contribution in [2.45, 2.75) is 0 Å². The summed E-state index contributed by atoms with van der Waals surface area (Å²) in [6.07, 6.45) is 0. The average molecular weight is 404 g/mol. The number of hydrogen-bond acceptors (Lipinski definition) is 5. The summed E-state index contributed by atoms with van der Waals surface area (Å²) in [4.78, 5) is 14.7. The number of fused-ring (bicyclic) bond motifs is 1. The van der Waals surface area contributed by atoms with Crippen molar-refractivity contribution in [1.82, 2.24) is 0 Å². The molecule has 4 aromatic rings. The van der Waals surface area contributed by atoms with Crippen LogP contribution in [0.15, 0.2) is 66.7 Å². The standard InChI is InChI=1S/C24H20O4S/c1-26-18-13-16(14-19(27-2)23(18)28-3)22(25)21-17-11-7-8-12-20(17)29-24(21)15-9-5-4-6-10-15/h4-14H,1-3H3. The molecule has 1 aromatic heterocycles. The lowest BCUT2D eigenvalue weighted by atomic mass is 9.97. The van der Waals surface area contributed by atoms with Crippen molar-refractivity contribution in [2.24, 2.45) is 0 Å². The summed E-state index contributed by atoms with van der Waals surface area (Å²) in [6, 6.07) is 21.3. The van der Waals surface area contributed by atoms with Crippen molar-refractivity contribution in [3.8, 4) is 27.7 Å². The molecule has 146 valence electrons. The Bertz CT molecular complexity index is 1150. The number of ether oxygens (including phenoxy) is 3. The van der Waals surface area contributed by atoms with Gasteiger partial charge in [-0.25, -0.2) is 0 Å². The molecule has 0 saturated heterocycles. The maximum atomic E-state index is 13.7. The first-order valence-corrected chi connectivity index (χ1v) is 9.91. The summed E-state index contributed by atoms with van der Waals surface area (Å²) in [5.74, 6) is 1.29. The largest absolute Gasteiger partial charge is 0.493 e. The topological polar surface area (TPSA) is 44.8 Å². The third kappa shape index (κ3) is 3.34. The zero-order chi connectivity index (χ0) is 20.4. The number of benzene rings is 3. The second kappa shape index (κ2) is 7.97. The van der Waals surface area contributed by atoms with E-state index in [0.29, 0.717) is 28.4 Å². The maximum absolute atomic E-state index is 13.7. The number of hydrogen-bond donors (Lipinski definition) is 0. The van der Waals surface area contributed by atoms with E-state index in [1.807, 2.05) is 54.6 Å². The first-order chi connectivity index (χ1) is 14.2. The van der Waals surface area contributed by atoms with E-state index in [-0.39, 0.29) is 5.78 Å².